The fourth-order valence-corrected chi connectivity index (χ4v) is 3.43. The van der Waals surface area contributed by atoms with Gasteiger partial charge in [0.25, 0.3) is 0 Å². The fraction of sp³-hybridized carbons (Fsp3) is 0.316. The summed E-state index contributed by atoms with van der Waals surface area (Å²) in [6.45, 7) is 0.243. The quantitative estimate of drug-likeness (QED) is 0.401. The number of rotatable bonds is 5. The van der Waals surface area contributed by atoms with Gasteiger partial charge in [-0.05, 0) is 23.3 Å². The van der Waals surface area contributed by atoms with E-state index in [1.54, 1.807) is 19.2 Å². The van der Waals surface area contributed by atoms with Crippen LogP contribution in [0.15, 0.2) is 54.6 Å². The first-order valence-electron chi connectivity index (χ1n) is 7.82. The number of benzene rings is 2. The van der Waals surface area contributed by atoms with Gasteiger partial charge in [-0.3, -0.25) is 0 Å². The zero-order chi connectivity index (χ0) is 16.9. The molecule has 0 aromatic heterocycles. The Morgan fingerprint density at radius 3 is 2.42 bits per heavy atom. The van der Waals surface area contributed by atoms with Gasteiger partial charge in [0.2, 0.25) is 0 Å². The maximum atomic E-state index is 12.2. The standard InChI is InChI=1S/C19H19IO4/c1-22-18-11-16(20)17(24-18)12-23-19(21)15-9-7-14(8-10-15)13-5-3-2-4-6-13/h2-10,16-18H,11-12H2,1H3/t16-,17-,18-/m1/s1. The number of hydrogen-bond acceptors (Lipinski definition) is 4. The Morgan fingerprint density at radius 2 is 1.79 bits per heavy atom. The molecule has 1 saturated heterocycles. The Morgan fingerprint density at radius 1 is 1.12 bits per heavy atom. The molecular formula is C19H19IO4. The minimum atomic E-state index is -0.331. The van der Waals surface area contributed by atoms with E-state index in [0.717, 1.165) is 17.5 Å². The molecule has 0 aliphatic carbocycles. The second kappa shape index (κ2) is 8.09. The van der Waals surface area contributed by atoms with Crippen LogP contribution in [0.1, 0.15) is 16.8 Å². The first kappa shape index (κ1) is 17.4. The number of alkyl halides is 1. The molecule has 3 atom stereocenters. The lowest BCUT2D eigenvalue weighted by Crippen LogP contribution is -2.25. The van der Waals surface area contributed by atoms with E-state index in [9.17, 15) is 4.79 Å². The van der Waals surface area contributed by atoms with E-state index < -0.39 is 0 Å². The molecule has 0 N–H and O–H groups in total. The molecule has 0 amide bonds. The molecule has 4 nitrogen and oxygen atoms in total. The number of carbonyl (C=O) groups is 1. The SMILES string of the molecule is CO[C@H]1C[C@@H](I)[C@@H](COC(=O)c2ccc(-c3ccccc3)cc2)O1. The molecule has 2 aromatic carbocycles. The summed E-state index contributed by atoms with van der Waals surface area (Å²) < 4.78 is 16.5. The average molecular weight is 438 g/mol. The first-order valence-corrected chi connectivity index (χ1v) is 9.07. The highest BCUT2D eigenvalue weighted by Gasteiger charge is 2.34. The van der Waals surface area contributed by atoms with Gasteiger partial charge in [-0.1, -0.05) is 65.1 Å². The van der Waals surface area contributed by atoms with E-state index in [0.29, 0.717) is 5.56 Å². The fourth-order valence-electron chi connectivity index (χ4n) is 2.64. The van der Waals surface area contributed by atoms with Gasteiger partial charge in [0, 0.05) is 17.5 Å². The van der Waals surface area contributed by atoms with Crippen molar-refractivity contribution in [3.8, 4) is 11.1 Å². The lowest BCUT2D eigenvalue weighted by Gasteiger charge is -2.14. The van der Waals surface area contributed by atoms with Gasteiger partial charge in [0.1, 0.15) is 12.7 Å². The van der Waals surface area contributed by atoms with Crippen LogP contribution in [0.4, 0.5) is 0 Å². The summed E-state index contributed by atoms with van der Waals surface area (Å²) in [5.74, 6) is -0.331. The summed E-state index contributed by atoms with van der Waals surface area (Å²) in [6.07, 6.45) is 0.481. The molecule has 2 aromatic rings. The minimum Gasteiger partial charge on any atom is -0.459 e. The summed E-state index contributed by atoms with van der Waals surface area (Å²) >= 11 is 2.31. The molecule has 0 spiro atoms. The van der Waals surface area contributed by atoms with Crippen molar-refractivity contribution in [2.45, 2.75) is 22.7 Å². The van der Waals surface area contributed by atoms with E-state index in [4.69, 9.17) is 14.2 Å². The number of hydrogen-bond donors (Lipinski definition) is 0. The molecule has 1 heterocycles. The molecule has 0 unspecified atom stereocenters. The van der Waals surface area contributed by atoms with Crippen molar-refractivity contribution in [3.63, 3.8) is 0 Å². The molecule has 0 saturated carbocycles. The lowest BCUT2D eigenvalue weighted by atomic mass is 10.0. The van der Waals surface area contributed by atoms with E-state index in [1.807, 2.05) is 42.5 Å². The molecule has 24 heavy (non-hydrogen) atoms. The summed E-state index contributed by atoms with van der Waals surface area (Å²) in [4.78, 5) is 12.2. The van der Waals surface area contributed by atoms with Crippen LogP contribution in [0, 0.1) is 0 Å². The van der Waals surface area contributed by atoms with Gasteiger partial charge in [0.15, 0.2) is 6.29 Å². The third kappa shape index (κ3) is 4.15. The van der Waals surface area contributed by atoms with Gasteiger partial charge in [-0.2, -0.15) is 0 Å². The number of halogens is 1. The van der Waals surface area contributed by atoms with Gasteiger partial charge >= 0.3 is 5.97 Å². The Hall–Kier alpha value is -1.44. The topological polar surface area (TPSA) is 44.8 Å². The van der Waals surface area contributed by atoms with Crippen molar-refractivity contribution < 1.29 is 19.0 Å². The Kier molecular flexibility index (Phi) is 5.86. The van der Waals surface area contributed by atoms with Crippen molar-refractivity contribution in [2.24, 2.45) is 0 Å². The van der Waals surface area contributed by atoms with Gasteiger partial charge in [-0.15, -0.1) is 0 Å². The smallest absolute Gasteiger partial charge is 0.338 e. The number of esters is 1. The molecule has 3 rings (SSSR count). The van der Waals surface area contributed by atoms with Crippen LogP contribution in [-0.4, -0.2) is 36.0 Å². The Labute approximate surface area is 155 Å². The highest BCUT2D eigenvalue weighted by molar-refractivity contribution is 14.1. The molecule has 1 aliphatic heterocycles. The third-order valence-electron chi connectivity index (χ3n) is 4.02. The Balaban J connectivity index is 1.58. The van der Waals surface area contributed by atoms with E-state index in [-0.39, 0.29) is 28.9 Å². The molecule has 126 valence electrons. The van der Waals surface area contributed by atoms with Gasteiger partial charge in [-0.25, -0.2) is 4.79 Å². The van der Waals surface area contributed by atoms with Crippen molar-refractivity contribution in [3.05, 3.63) is 60.2 Å². The number of methoxy groups -OCH3 is 1. The van der Waals surface area contributed by atoms with E-state index >= 15 is 0 Å². The number of carbonyl (C=O) groups excluding carboxylic acids is 1. The van der Waals surface area contributed by atoms with Crippen LogP contribution in [0.2, 0.25) is 0 Å². The molecule has 5 heteroatoms. The van der Waals surface area contributed by atoms with E-state index in [1.165, 1.54) is 0 Å². The minimum absolute atomic E-state index is 0.122. The third-order valence-corrected chi connectivity index (χ3v) is 5.33. The predicted molar refractivity (Wildman–Crippen MR) is 100 cm³/mol. The summed E-state index contributed by atoms with van der Waals surface area (Å²) in [5.41, 5.74) is 2.73. The largest absolute Gasteiger partial charge is 0.459 e. The molecule has 0 radical (unpaired) electrons. The normalized spacial score (nSPS) is 23.2. The zero-order valence-corrected chi connectivity index (χ0v) is 15.5. The highest BCUT2D eigenvalue weighted by atomic mass is 127. The van der Waals surface area contributed by atoms with Crippen molar-refractivity contribution in [1.29, 1.82) is 0 Å². The van der Waals surface area contributed by atoms with Crippen LogP contribution >= 0.6 is 22.6 Å². The summed E-state index contributed by atoms with van der Waals surface area (Å²) in [7, 11) is 1.62. The highest BCUT2D eigenvalue weighted by Crippen LogP contribution is 2.28. The van der Waals surface area contributed by atoms with Crippen molar-refractivity contribution in [1.82, 2.24) is 0 Å². The van der Waals surface area contributed by atoms with Crippen molar-refractivity contribution in [2.75, 3.05) is 13.7 Å². The molecule has 1 fully saturated rings. The van der Waals surface area contributed by atoms with Crippen LogP contribution in [0.3, 0.4) is 0 Å². The maximum Gasteiger partial charge on any atom is 0.338 e. The zero-order valence-electron chi connectivity index (χ0n) is 13.4. The average Bonchev–Trinajstić information content (AvgIpc) is 3.00. The van der Waals surface area contributed by atoms with Crippen LogP contribution in [-0.2, 0) is 14.2 Å². The van der Waals surface area contributed by atoms with Crippen LogP contribution < -0.4 is 0 Å². The lowest BCUT2D eigenvalue weighted by molar-refractivity contribution is -0.123. The Bertz CT molecular complexity index is 672. The summed E-state index contributed by atoms with van der Waals surface area (Å²) in [6, 6.07) is 17.5. The van der Waals surface area contributed by atoms with Gasteiger partial charge < -0.3 is 14.2 Å². The van der Waals surface area contributed by atoms with Crippen LogP contribution in [0.5, 0.6) is 0 Å². The van der Waals surface area contributed by atoms with E-state index in [2.05, 4.69) is 22.6 Å². The summed E-state index contributed by atoms with van der Waals surface area (Å²) in [5, 5.41) is 0. The second-order valence-corrected chi connectivity index (χ2v) is 7.23. The van der Waals surface area contributed by atoms with Crippen molar-refractivity contribution >= 4 is 28.6 Å². The molecule has 1 aliphatic rings. The predicted octanol–water partition coefficient (Wildman–Crippen LogP) is 4.08. The number of ether oxygens (including phenoxy) is 3. The second-order valence-electron chi connectivity index (χ2n) is 5.63. The van der Waals surface area contributed by atoms with Gasteiger partial charge in [0.05, 0.1) is 5.56 Å². The monoisotopic (exact) mass is 438 g/mol. The maximum absolute atomic E-state index is 12.2. The molecule has 0 bridgehead atoms. The first-order chi connectivity index (χ1) is 11.7. The molecular weight excluding hydrogens is 419 g/mol. The van der Waals surface area contributed by atoms with Crippen LogP contribution in [0.25, 0.3) is 11.1 Å².